The van der Waals surface area contributed by atoms with E-state index >= 15 is 0 Å². The van der Waals surface area contributed by atoms with Gasteiger partial charge in [0, 0.05) is 25.2 Å². The van der Waals surface area contributed by atoms with Gasteiger partial charge in [-0.2, -0.15) is 0 Å². The van der Waals surface area contributed by atoms with Crippen molar-refractivity contribution in [2.45, 2.75) is 24.7 Å². The summed E-state index contributed by atoms with van der Waals surface area (Å²) in [4.78, 5) is 12.2. The highest BCUT2D eigenvalue weighted by Gasteiger charge is 2.14. The molecule has 0 radical (unpaired) electrons. The SMILES string of the molecule is Cc1cccc(CCC(=O)Nc2cccc(S(=O)(=O)NCCN)c2)c1. The second-order valence-corrected chi connectivity index (χ2v) is 7.52. The van der Waals surface area contributed by atoms with Gasteiger partial charge < -0.3 is 11.1 Å². The molecule has 0 spiro atoms. The summed E-state index contributed by atoms with van der Waals surface area (Å²) in [6, 6.07) is 14.2. The Balaban J connectivity index is 1.98. The summed E-state index contributed by atoms with van der Waals surface area (Å²) < 4.78 is 26.6. The highest BCUT2D eigenvalue weighted by atomic mass is 32.2. The third kappa shape index (κ3) is 5.97. The second kappa shape index (κ2) is 8.75. The Morgan fingerprint density at radius 1 is 1.12 bits per heavy atom. The van der Waals surface area contributed by atoms with Gasteiger partial charge in [-0.1, -0.05) is 35.9 Å². The lowest BCUT2D eigenvalue weighted by molar-refractivity contribution is -0.116. The van der Waals surface area contributed by atoms with Gasteiger partial charge in [-0.15, -0.1) is 0 Å². The van der Waals surface area contributed by atoms with Gasteiger partial charge in [0.1, 0.15) is 0 Å². The lowest BCUT2D eigenvalue weighted by Crippen LogP contribution is -2.29. The Morgan fingerprint density at radius 3 is 2.60 bits per heavy atom. The van der Waals surface area contributed by atoms with Crippen LogP contribution in [0.3, 0.4) is 0 Å². The zero-order valence-electron chi connectivity index (χ0n) is 14.2. The molecule has 7 heteroatoms. The molecule has 0 aromatic heterocycles. The summed E-state index contributed by atoms with van der Waals surface area (Å²) in [5.41, 5.74) is 8.01. The van der Waals surface area contributed by atoms with Crippen molar-refractivity contribution >= 4 is 21.6 Å². The molecule has 134 valence electrons. The van der Waals surface area contributed by atoms with Gasteiger partial charge in [0.15, 0.2) is 0 Å². The van der Waals surface area contributed by atoms with Crippen LogP contribution >= 0.6 is 0 Å². The summed E-state index contributed by atoms with van der Waals surface area (Å²) in [7, 11) is -3.62. The van der Waals surface area contributed by atoms with E-state index in [2.05, 4.69) is 10.0 Å². The molecule has 25 heavy (non-hydrogen) atoms. The molecule has 0 saturated carbocycles. The fraction of sp³-hybridized carbons (Fsp3) is 0.278. The largest absolute Gasteiger partial charge is 0.329 e. The van der Waals surface area contributed by atoms with E-state index in [4.69, 9.17) is 5.73 Å². The summed E-state index contributed by atoms with van der Waals surface area (Å²) in [6.07, 6.45) is 0.954. The Kier molecular flexibility index (Phi) is 6.69. The number of nitrogens with one attached hydrogen (secondary N) is 2. The maximum absolute atomic E-state index is 12.1. The molecule has 4 N–H and O–H groups in total. The molecule has 0 heterocycles. The molecule has 0 aliphatic heterocycles. The molecule has 2 aromatic carbocycles. The number of hydrogen-bond donors (Lipinski definition) is 3. The van der Waals surface area contributed by atoms with E-state index < -0.39 is 10.0 Å². The number of aryl methyl sites for hydroxylation is 2. The van der Waals surface area contributed by atoms with Crippen LogP contribution in [-0.4, -0.2) is 27.4 Å². The van der Waals surface area contributed by atoms with E-state index in [0.717, 1.165) is 11.1 Å². The number of nitrogens with two attached hydrogens (primary N) is 1. The topological polar surface area (TPSA) is 101 Å². The lowest BCUT2D eigenvalue weighted by atomic mass is 10.1. The number of sulfonamides is 1. The number of benzene rings is 2. The minimum atomic E-state index is -3.62. The number of hydrogen-bond acceptors (Lipinski definition) is 4. The van der Waals surface area contributed by atoms with E-state index in [-0.39, 0.29) is 23.9 Å². The van der Waals surface area contributed by atoms with Crippen molar-refractivity contribution in [2.75, 3.05) is 18.4 Å². The first-order valence-electron chi connectivity index (χ1n) is 8.06. The van der Waals surface area contributed by atoms with E-state index in [1.807, 2.05) is 31.2 Å². The normalized spacial score (nSPS) is 11.3. The quantitative estimate of drug-likeness (QED) is 0.667. The third-order valence-corrected chi connectivity index (χ3v) is 5.05. The fourth-order valence-corrected chi connectivity index (χ4v) is 3.46. The molecule has 6 nitrogen and oxygen atoms in total. The standard InChI is InChI=1S/C18H23N3O3S/c1-14-4-2-5-15(12-14)8-9-18(22)21-16-6-3-7-17(13-16)25(23,24)20-11-10-19/h2-7,12-13,20H,8-11,19H2,1H3,(H,21,22). The molecule has 2 rings (SSSR count). The molecule has 0 bridgehead atoms. The molecule has 0 saturated heterocycles. The highest BCUT2D eigenvalue weighted by Crippen LogP contribution is 2.16. The molecule has 0 aliphatic carbocycles. The summed E-state index contributed by atoms with van der Waals surface area (Å²) in [6.45, 7) is 2.39. The van der Waals surface area contributed by atoms with Crippen LogP contribution < -0.4 is 15.8 Å². The number of amides is 1. The molecule has 0 aliphatic rings. The minimum absolute atomic E-state index is 0.0948. The molecular weight excluding hydrogens is 338 g/mol. The third-order valence-electron chi connectivity index (χ3n) is 3.59. The van der Waals surface area contributed by atoms with Crippen LogP contribution in [0, 0.1) is 6.92 Å². The van der Waals surface area contributed by atoms with Crippen molar-refractivity contribution in [1.82, 2.24) is 4.72 Å². The lowest BCUT2D eigenvalue weighted by Gasteiger charge is -2.09. The molecule has 2 aromatic rings. The van der Waals surface area contributed by atoms with Crippen molar-refractivity contribution in [1.29, 1.82) is 0 Å². The average Bonchev–Trinajstić information content (AvgIpc) is 2.58. The first-order valence-corrected chi connectivity index (χ1v) is 9.54. The van der Waals surface area contributed by atoms with Crippen molar-refractivity contribution < 1.29 is 13.2 Å². The van der Waals surface area contributed by atoms with Crippen LogP contribution in [0.2, 0.25) is 0 Å². The van der Waals surface area contributed by atoms with E-state index in [0.29, 0.717) is 18.5 Å². The van der Waals surface area contributed by atoms with Gasteiger partial charge in [0.25, 0.3) is 0 Å². The fourth-order valence-electron chi connectivity index (χ4n) is 2.37. The summed E-state index contributed by atoms with van der Waals surface area (Å²) in [5, 5.41) is 2.74. The van der Waals surface area contributed by atoms with E-state index in [9.17, 15) is 13.2 Å². The average molecular weight is 361 g/mol. The maximum atomic E-state index is 12.1. The predicted octanol–water partition coefficient (Wildman–Crippen LogP) is 1.80. The van der Waals surface area contributed by atoms with Crippen molar-refractivity contribution in [3.05, 3.63) is 59.7 Å². The molecule has 1 amide bonds. The van der Waals surface area contributed by atoms with E-state index in [1.54, 1.807) is 12.1 Å². The number of carbonyl (C=O) groups excluding carboxylic acids is 1. The first kappa shape index (κ1) is 19.1. The van der Waals surface area contributed by atoms with E-state index in [1.165, 1.54) is 12.1 Å². The Bertz CT molecular complexity index is 835. The van der Waals surface area contributed by atoms with Gasteiger partial charge in [-0.25, -0.2) is 13.1 Å². The summed E-state index contributed by atoms with van der Waals surface area (Å²) in [5.74, 6) is -0.161. The van der Waals surface area contributed by atoms with Crippen molar-refractivity contribution in [3.63, 3.8) is 0 Å². The Labute approximate surface area is 148 Å². The maximum Gasteiger partial charge on any atom is 0.240 e. The van der Waals surface area contributed by atoms with Crippen LogP contribution in [0.25, 0.3) is 0 Å². The highest BCUT2D eigenvalue weighted by molar-refractivity contribution is 7.89. The zero-order chi connectivity index (χ0) is 18.3. The molecule has 0 unspecified atom stereocenters. The van der Waals surface area contributed by atoms with Crippen LogP contribution in [-0.2, 0) is 21.2 Å². The molecule has 0 atom stereocenters. The monoisotopic (exact) mass is 361 g/mol. The van der Waals surface area contributed by atoms with Gasteiger partial charge >= 0.3 is 0 Å². The Morgan fingerprint density at radius 2 is 1.88 bits per heavy atom. The summed E-state index contributed by atoms with van der Waals surface area (Å²) >= 11 is 0. The first-order chi connectivity index (χ1) is 11.9. The molecular formula is C18H23N3O3S. The van der Waals surface area contributed by atoms with Gasteiger partial charge in [0.05, 0.1) is 4.90 Å². The zero-order valence-corrected chi connectivity index (χ0v) is 15.0. The molecule has 0 fully saturated rings. The van der Waals surface area contributed by atoms with Crippen LogP contribution in [0.15, 0.2) is 53.4 Å². The van der Waals surface area contributed by atoms with Crippen LogP contribution in [0.5, 0.6) is 0 Å². The minimum Gasteiger partial charge on any atom is -0.329 e. The second-order valence-electron chi connectivity index (χ2n) is 5.75. The van der Waals surface area contributed by atoms with Gasteiger partial charge in [-0.05, 0) is 37.1 Å². The van der Waals surface area contributed by atoms with Crippen LogP contribution in [0.1, 0.15) is 17.5 Å². The van der Waals surface area contributed by atoms with Crippen LogP contribution in [0.4, 0.5) is 5.69 Å². The van der Waals surface area contributed by atoms with Crippen molar-refractivity contribution in [2.24, 2.45) is 5.73 Å². The predicted molar refractivity (Wildman–Crippen MR) is 98.8 cm³/mol. The Hall–Kier alpha value is -2.22. The van der Waals surface area contributed by atoms with Crippen molar-refractivity contribution in [3.8, 4) is 0 Å². The number of anilines is 1. The smallest absolute Gasteiger partial charge is 0.240 e. The number of rotatable bonds is 8. The number of carbonyl (C=O) groups is 1. The van der Waals surface area contributed by atoms with Gasteiger partial charge in [0.2, 0.25) is 15.9 Å². The van der Waals surface area contributed by atoms with Gasteiger partial charge in [-0.3, -0.25) is 4.79 Å².